The fourth-order valence-electron chi connectivity index (χ4n) is 1.02. The van der Waals surface area contributed by atoms with Crippen LogP contribution in [0.4, 0.5) is 13.2 Å². The summed E-state index contributed by atoms with van der Waals surface area (Å²) in [7, 11) is 0. The quantitative estimate of drug-likeness (QED) is 0.850. The molecule has 0 saturated heterocycles. The zero-order chi connectivity index (χ0) is 11.5. The summed E-state index contributed by atoms with van der Waals surface area (Å²) < 4.78 is 39.1. The van der Waals surface area contributed by atoms with Gasteiger partial charge in [0.25, 0.3) is 0 Å². The zero-order valence-electron chi connectivity index (χ0n) is 7.36. The summed E-state index contributed by atoms with van der Waals surface area (Å²) >= 11 is 0. The summed E-state index contributed by atoms with van der Waals surface area (Å²) in [6.07, 6.45) is -7.00. The Labute approximate surface area is 83.1 Å². The lowest BCUT2D eigenvalue weighted by molar-refractivity contribution is -0.341. The van der Waals surface area contributed by atoms with E-state index in [9.17, 15) is 18.0 Å². The van der Waals surface area contributed by atoms with Crippen LogP contribution in [0.5, 0.6) is 0 Å². The average Bonchev–Trinajstić information content (AvgIpc) is 2.14. The van der Waals surface area contributed by atoms with Crippen LogP contribution in [0.2, 0.25) is 0 Å². The van der Waals surface area contributed by atoms with E-state index in [1.807, 2.05) is 0 Å². The summed E-state index contributed by atoms with van der Waals surface area (Å²) in [5.41, 5.74) is -0.0534. The van der Waals surface area contributed by atoms with Crippen LogP contribution >= 0.6 is 0 Å². The van der Waals surface area contributed by atoms with Gasteiger partial charge in [-0.2, -0.15) is 0 Å². The Morgan fingerprint density at radius 1 is 1.27 bits per heavy atom. The van der Waals surface area contributed by atoms with E-state index in [0.29, 0.717) is 0 Å². The van der Waals surface area contributed by atoms with Crippen molar-refractivity contribution >= 4 is 5.97 Å². The topological polar surface area (TPSA) is 46.5 Å². The lowest BCUT2D eigenvalue weighted by atomic mass is 10.1. The van der Waals surface area contributed by atoms with E-state index in [2.05, 4.69) is 4.74 Å². The van der Waals surface area contributed by atoms with Gasteiger partial charge in [0.05, 0.1) is 0 Å². The molecule has 0 spiro atoms. The first-order chi connectivity index (χ1) is 6.90. The van der Waals surface area contributed by atoms with Crippen molar-refractivity contribution in [1.29, 1.82) is 0 Å². The summed E-state index contributed by atoms with van der Waals surface area (Å²) in [5, 5.41) is 8.57. The SMILES string of the molecule is O=C(O)C(OC(F)(F)F)c1ccccc1. The molecule has 0 aliphatic carbocycles. The maximum absolute atomic E-state index is 11.9. The Hall–Kier alpha value is -1.56. The highest BCUT2D eigenvalue weighted by Gasteiger charge is 2.37. The van der Waals surface area contributed by atoms with Crippen LogP contribution in [0.3, 0.4) is 0 Å². The smallest absolute Gasteiger partial charge is 0.479 e. The third-order valence-electron chi connectivity index (χ3n) is 1.58. The van der Waals surface area contributed by atoms with Gasteiger partial charge in [0, 0.05) is 0 Å². The largest absolute Gasteiger partial charge is 0.523 e. The van der Waals surface area contributed by atoms with Crippen LogP contribution < -0.4 is 0 Å². The predicted molar refractivity (Wildman–Crippen MR) is 44.0 cm³/mol. The number of alkyl halides is 3. The van der Waals surface area contributed by atoms with Crippen LogP contribution in [-0.4, -0.2) is 17.4 Å². The van der Waals surface area contributed by atoms with Gasteiger partial charge in [-0.3, -0.25) is 4.74 Å². The van der Waals surface area contributed by atoms with Crippen LogP contribution in [0.1, 0.15) is 11.7 Å². The van der Waals surface area contributed by atoms with E-state index in [-0.39, 0.29) is 5.56 Å². The van der Waals surface area contributed by atoms with Gasteiger partial charge in [0.2, 0.25) is 0 Å². The van der Waals surface area contributed by atoms with Crippen molar-refractivity contribution < 1.29 is 27.8 Å². The minimum Gasteiger partial charge on any atom is -0.479 e. The minimum atomic E-state index is -4.97. The van der Waals surface area contributed by atoms with Crippen molar-refractivity contribution in [2.75, 3.05) is 0 Å². The fourth-order valence-corrected chi connectivity index (χ4v) is 1.02. The lowest BCUT2D eigenvalue weighted by Gasteiger charge is -2.15. The third kappa shape index (κ3) is 3.59. The summed E-state index contributed by atoms with van der Waals surface area (Å²) in [4.78, 5) is 10.6. The third-order valence-corrected chi connectivity index (χ3v) is 1.58. The number of ether oxygens (including phenoxy) is 1. The average molecular weight is 220 g/mol. The molecule has 0 aliphatic rings. The first kappa shape index (κ1) is 11.5. The van der Waals surface area contributed by atoms with Gasteiger partial charge in [-0.25, -0.2) is 4.79 Å². The van der Waals surface area contributed by atoms with Crippen LogP contribution in [-0.2, 0) is 9.53 Å². The van der Waals surface area contributed by atoms with Gasteiger partial charge in [-0.1, -0.05) is 30.3 Å². The maximum atomic E-state index is 11.9. The molecule has 0 saturated carbocycles. The summed E-state index contributed by atoms with van der Waals surface area (Å²) in [5.74, 6) is -1.68. The molecule has 0 fully saturated rings. The predicted octanol–water partition coefficient (Wildman–Crippen LogP) is 2.35. The number of halogens is 3. The minimum absolute atomic E-state index is 0.0534. The number of benzene rings is 1. The summed E-state index contributed by atoms with van der Waals surface area (Å²) in [6, 6.07) is 6.95. The van der Waals surface area contributed by atoms with Gasteiger partial charge in [0.1, 0.15) is 0 Å². The summed E-state index contributed by atoms with van der Waals surface area (Å²) in [6.45, 7) is 0. The van der Waals surface area contributed by atoms with E-state index in [0.717, 1.165) is 0 Å². The monoisotopic (exact) mass is 220 g/mol. The molecule has 0 aromatic heterocycles. The van der Waals surface area contributed by atoms with Gasteiger partial charge in [-0.05, 0) is 5.56 Å². The molecule has 1 atom stereocenters. The van der Waals surface area contributed by atoms with Crippen molar-refractivity contribution in [3.8, 4) is 0 Å². The molecule has 0 bridgehead atoms. The first-order valence-electron chi connectivity index (χ1n) is 3.92. The molecule has 0 radical (unpaired) electrons. The highest BCUT2D eigenvalue weighted by molar-refractivity contribution is 5.74. The Bertz CT molecular complexity index is 334. The van der Waals surface area contributed by atoms with Crippen molar-refractivity contribution in [3.05, 3.63) is 35.9 Å². The number of carboxylic acids is 1. The highest BCUT2D eigenvalue weighted by Crippen LogP contribution is 2.27. The molecular weight excluding hydrogens is 213 g/mol. The molecule has 15 heavy (non-hydrogen) atoms. The van der Waals surface area contributed by atoms with Gasteiger partial charge in [-0.15, -0.1) is 13.2 Å². The normalized spacial score (nSPS) is 13.5. The lowest BCUT2D eigenvalue weighted by Crippen LogP contribution is -2.24. The molecule has 6 heteroatoms. The van der Waals surface area contributed by atoms with E-state index in [1.165, 1.54) is 24.3 Å². The van der Waals surface area contributed by atoms with E-state index in [1.54, 1.807) is 6.07 Å². The van der Waals surface area contributed by atoms with Gasteiger partial charge < -0.3 is 5.11 Å². The number of carboxylic acid groups (broad SMARTS) is 1. The van der Waals surface area contributed by atoms with E-state index in [4.69, 9.17) is 5.11 Å². The van der Waals surface area contributed by atoms with Crippen LogP contribution in [0.15, 0.2) is 30.3 Å². The van der Waals surface area contributed by atoms with Crippen molar-refractivity contribution in [1.82, 2.24) is 0 Å². The van der Waals surface area contributed by atoms with Crippen LogP contribution in [0, 0.1) is 0 Å². The van der Waals surface area contributed by atoms with Crippen molar-refractivity contribution in [3.63, 3.8) is 0 Å². The fraction of sp³-hybridized carbons (Fsp3) is 0.222. The second kappa shape index (κ2) is 4.31. The standard InChI is InChI=1S/C9H7F3O3/c10-9(11,12)15-7(8(13)14)6-4-2-1-3-5-6/h1-5,7H,(H,13,14). The Kier molecular flexibility index (Phi) is 3.31. The molecule has 0 amide bonds. The molecule has 3 nitrogen and oxygen atoms in total. The van der Waals surface area contributed by atoms with Crippen molar-refractivity contribution in [2.24, 2.45) is 0 Å². The second-order valence-electron chi connectivity index (χ2n) is 2.69. The Morgan fingerprint density at radius 2 is 1.80 bits per heavy atom. The maximum Gasteiger partial charge on any atom is 0.523 e. The Balaban J connectivity index is 2.90. The molecule has 82 valence electrons. The first-order valence-corrected chi connectivity index (χ1v) is 3.92. The van der Waals surface area contributed by atoms with Crippen LogP contribution in [0.25, 0.3) is 0 Å². The molecule has 1 aromatic rings. The second-order valence-corrected chi connectivity index (χ2v) is 2.69. The number of hydrogen-bond acceptors (Lipinski definition) is 2. The molecule has 0 aliphatic heterocycles. The molecule has 1 rings (SSSR count). The van der Waals surface area contributed by atoms with Gasteiger partial charge >= 0.3 is 12.3 Å². The molecule has 1 aromatic carbocycles. The van der Waals surface area contributed by atoms with Gasteiger partial charge in [0.15, 0.2) is 6.10 Å². The molecular formula is C9H7F3O3. The highest BCUT2D eigenvalue weighted by atomic mass is 19.4. The number of aliphatic carboxylic acids is 1. The van der Waals surface area contributed by atoms with E-state index < -0.39 is 18.4 Å². The number of hydrogen-bond donors (Lipinski definition) is 1. The number of carbonyl (C=O) groups is 1. The van der Waals surface area contributed by atoms with E-state index >= 15 is 0 Å². The Morgan fingerprint density at radius 3 is 2.20 bits per heavy atom. The molecule has 1 unspecified atom stereocenters. The molecule has 1 N–H and O–H groups in total. The molecule has 0 heterocycles. The number of rotatable bonds is 3. The zero-order valence-corrected chi connectivity index (χ0v) is 7.36. The van der Waals surface area contributed by atoms with Crippen molar-refractivity contribution in [2.45, 2.75) is 12.5 Å².